The quantitative estimate of drug-likeness (QED) is 0.393. The smallest absolute Gasteiger partial charge is 0.307 e. The van der Waals surface area contributed by atoms with Crippen molar-refractivity contribution in [1.29, 1.82) is 0 Å². The van der Waals surface area contributed by atoms with Crippen LogP contribution in [-0.4, -0.2) is 39.2 Å². The van der Waals surface area contributed by atoms with Crippen LogP contribution >= 0.6 is 0 Å². The number of sulfonamides is 1. The fourth-order valence-electron chi connectivity index (χ4n) is 2.71. The molecule has 0 saturated carbocycles. The summed E-state index contributed by atoms with van der Waals surface area (Å²) in [5.74, 6) is -0.962. The van der Waals surface area contributed by atoms with Gasteiger partial charge in [0.2, 0.25) is 15.9 Å². The number of nitrogens with one attached hydrogen (secondary N) is 2. The van der Waals surface area contributed by atoms with Crippen LogP contribution in [-0.2, 0) is 24.3 Å². The average Bonchev–Trinajstić information content (AvgIpc) is 2.72. The van der Waals surface area contributed by atoms with E-state index in [2.05, 4.69) is 10.0 Å². The molecule has 1 amide bonds. The van der Waals surface area contributed by atoms with Crippen LogP contribution in [0.15, 0.2) is 53.4 Å². The number of hydrogen-bond acceptors (Lipinski definition) is 6. The van der Waals surface area contributed by atoms with Crippen molar-refractivity contribution in [2.24, 2.45) is 5.92 Å². The third-order valence-corrected chi connectivity index (χ3v) is 5.88. The first kappa shape index (κ1) is 25.2. The Hall–Kier alpha value is -3.04. The number of ketones is 1. The van der Waals surface area contributed by atoms with Gasteiger partial charge >= 0.3 is 5.97 Å². The SMILES string of the molecule is Cc1ccc(S(=O)(=O)NCCC(=O)OCC(=O)c2ccc(NC(=O)CC(C)C)cc2)cc1. The highest BCUT2D eigenvalue weighted by molar-refractivity contribution is 7.89. The minimum Gasteiger partial charge on any atom is -0.457 e. The normalized spacial score (nSPS) is 11.2. The molecule has 2 aromatic carbocycles. The molecule has 0 radical (unpaired) electrons. The van der Waals surface area contributed by atoms with E-state index in [1.165, 1.54) is 24.3 Å². The first-order valence-electron chi connectivity index (χ1n) is 10.2. The Morgan fingerprint density at radius 2 is 1.59 bits per heavy atom. The second-order valence-corrected chi connectivity index (χ2v) is 9.54. The summed E-state index contributed by atoms with van der Waals surface area (Å²) in [5.41, 5.74) is 1.84. The van der Waals surface area contributed by atoms with E-state index in [1.807, 2.05) is 20.8 Å². The van der Waals surface area contributed by atoms with Gasteiger partial charge in [-0.05, 0) is 49.2 Å². The zero-order valence-corrected chi connectivity index (χ0v) is 19.2. The molecule has 0 unspecified atom stereocenters. The third-order valence-electron chi connectivity index (χ3n) is 4.40. The van der Waals surface area contributed by atoms with Crippen molar-refractivity contribution < 1.29 is 27.5 Å². The van der Waals surface area contributed by atoms with Crippen molar-refractivity contribution in [3.8, 4) is 0 Å². The molecule has 32 heavy (non-hydrogen) atoms. The minimum absolute atomic E-state index is 0.106. The molecule has 0 aliphatic carbocycles. The van der Waals surface area contributed by atoms with E-state index in [9.17, 15) is 22.8 Å². The van der Waals surface area contributed by atoms with Crippen molar-refractivity contribution in [2.75, 3.05) is 18.5 Å². The van der Waals surface area contributed by atoms with E-state index in [0.717, 1.165) is 5.56 Å². The zero-order valence-electron chi connectivity index (χ0n) is 18.4. The van der Waals surface area contributed by atoms with Crippen LogP contribution < -0.4 is 10.0 Å². The van der Waals surface area contributed by atoms with Crippen molar-refractivity contribution >= 4 is 33.4 Å². The highest BCUT2D eigenvalue weighted by Gasteiger charge is 2.15. The van der Waals surface area contributed by atoms with Crippen LogP contribution in [0.1, 0.15) is 42.6 Å². The zero-order chi connectivity index (χ0) is 23.7. The van der Waals surface area contributed by atoms with Gasteiger partial charge < -0.3 is 10.1 Å². The number of amides is 1. The topological polar surface area (TPSA) is 119 Å². The molecule has 0 heterocycles. The lowest BCUT2D eigenvalue weighted by Crippen LogP contribution is -2.27. The second kappa shape index (κ2) is 11.5. The highest BCUT2D eigenvalue weighted by atomic mass is 32.2. The Kier molecular flexibility index (Phi) is 9.10. The third kappa shape index (κ3) is 8.24. The first-order valence-corrected chi connectivity index (χ1v) is 11.7. The number of rotatable bonds is 11. The maximum atomic E-state index is 12.2. The second-order valence-electron chi connectivity index (χ2n) is 7.77. The number of hydrogen-bond donors (Lipinski definition) is 2. The Balaban J connectivity index is 1.76. The molecule has 0 fully saturated rings. The van der Waals surface area contributed by atoms with Gasteiger partial charge in [-0.3, -0.25) is 14.4 Å². The summed E-state index contributed by atoms with van der Waals surface area (Å²) in [7, 11) is -3.72. The number of esters is 1. The largest absolute Gasteiger partial charge is 0.457 e. The van der Waals surface area contributed by atoms with Gasteiger partial charge in [-0.2, -0.15) is 0 Å². The Morgan fingerprint density at radius 3 is 2.19 bits per heavy atom. The summed E-state index contributed by atoms with van der Waals surface area (Å²) < 4.78 is 31.6. The number of carbonyl (C=O) groups excluding carboxylic acids is 3. The first-order chi connectivity index (χ1) is 15.1. The summed E-state index contributed by atoms with van der Waals surface area (Å²) in [6.07, 6.45) is 0.191. The average molecular weight is 461 g/mol. The number of aryl methyl sites for hydroxylation is 1. The molecular weight excluding hydrogens is 432 g/mol. The molecule has 9 heteroatoms. The van der Waals surface area contributed by atoms with E-state index < -0.39 is 28.4 Å². The van der Waals surface area contributed by atoms with Crippen LogP contribution in [0.25, 0.3) is 0 Å². The van der Waals surface area contributed by atoms with Crippen molar-refractivity contribution in [1.82, 2.24) is 4.72 Å². The van der Waals surface area contributed by atoms with E-state index in [-0.39, 0.29) is 29.7 Å². The summed E-state index contributed by atoms with van der Waals surface area (Å²) >= 11 is 0. The lowest BCUT2D eigenvalue weighted by molar-refractivity contribution is -0.142. The number of carbonyl (C=O) groups is 3. The fourth-order valence-corrected chi connectivity index (χ4v) is 3.74. The molecule has 0 spiro atoms. The van der Waals surface area contributed by atoms with E-state index in [1.54, 1.807) is 24.3 Å². The van der Waals surface area contributed by atoms with Crippen LogP contribution in [0.4, 0.5) is 5.69 Å². The molecule has 8 nitrogen and oxygen atoms in total. The number of ether oxygens (including phenoxy) is 1. The minimum atomic E-state index is -3.72. The maximum absolute atomic E-state index is 12.2. The summed E-state index contributed by atoms with van der Waals surface area (Å²) in [4.78, 5) is 35.9. The van der Waals surface area contributed by atoms with E-state index >= 15 is 0 Å². The predicted octanol–water partition coefficient (Wildman–Crippen LogP) is 3.07. The summed E-state index contributed by atoms with van der Waals surface area (Å²) in [6.45, 7) is 5.14. The molecule has 0 saturated heterocycles. The van der Waals surface area contributed by atoms with E-state index in [4.69, 9.17) is 4.74 Å². The predicted molar refractivity (Wildman–Crippen MR) is 121 cm³/mol. The number of Topliss-reactive ketones (excluding diaryl/α,β-unsaturated/α-hetero) is 1. The van der Waals surface area contributed by atoms with Crippen LogP contribution in [0, 0.1) is 12.8 Å². The lowest BCUT2D eigenvalue weighted by atomic mass is 10.1. The maximum Gasteiger partial charge on any atom is 0.307 e. The van der Waals surface area contributed by atoms with Gasteiger partial charge in [0.25, 0.3) is 0 Å². The standard InChI is InChI=1S/C23H28N2O6S/c1-16(2)14-22(27)25-19-8-6-18(7-9-19)21(26)15-31-23(28)12-13-24-32(29,30)20-10-4-17(3)5-11-20/h4-11,16,24H,12-15H2,1-3H3,(H,25,27). The van der Waals surface area contributed by atoms with Crippen LogP contribution in [0.2, 0.25) is 0 Å². The van der Waals surface area contributed by atoms with Gasteiger partial charge in [0.05, 0.1) is 11.3 Å². The number of benzene rings is 2. The molecule has 0 aromatic heterocycles. The van der Waals surface area contributed by atoms with Crippen molar-refractivity contribution in [3.63, 3.8) is 0 Å². The number of anilines is 1. The molecule has 0 atom stereocenters. The van der Waals surface area contributed by atoms with E-state index in [0.29, 0.717) is 17.7 Å². The Bertz CT molecular complexity index is 1040. The molecule has 2 aromatic rings. The Morgan fingerprint density at radius 1 is 0.969 bits per heavy atom. The van der Waals surface area contributed by atoms with Gasteiger partial charge in [0.15, 0.2) is 12.4 Å². The Labute approximate surface area is 188 Å². The van der Waals surface area contributed by atoms with Crippen LogP contribution in [0.5, 0.6) is 0 Å². The van der Waals surface area contributed by atoms with Gasteiger partial charge in [-0.15, -0.1) is 0 Å². The van der Waals surface area contributed by atoms with Crippen molar-refractivity contribution in [3.05, 3.63) is 59.7 Å². The molecule has 172 valence electrons. The van der Waals surface area contributed by atoms with Gasteiger partial charge in [-0.1, -0.05) is 31.5 Å². The van der Waals surface area contributed by atoms with Gasteiger partial charge in [0, 0.05) is 24.2 Å². The monoisotopic (exact) mass is 460 g/mol. The molecule has 2 rings (SSSR count). The van der Waals surface area contributed by atoms with Gasteiger partial charge in [0.1, 0.15) is 0 Å². The van der Waals surface area contributed by atoms with Crippen molar-refractivity contribution in [2.45, 2.75) is 38.5 Å². The molecular formula is C23H28N2O6S. The summed E-state index contributed by atoms with van der Waals surface area (Å²) in [6, 6.07) is 12.6. The highest BCUT2D eigenvalue weighted by Crippen LogP contribution is 2.12. The molecule has 0 aliphatic heterocycles. The lowest BCUT2D eigenvalue weighted by Gasteiger charge is -2.09. The molecule has 0 bridgehead atoms. The van der Waals surface area contributed by atoms with Gasteiger partial charge in [-0.25, -0.2) is 13.1 Å². The molecule has 2 N–H and O–H groups in total. The summed E-state index contributed by atoms with van der Waals surface area (Å²) in [5, 5.41) is 2.75. The molecule has 0 aliphatic rings. The van der Waals surface area contributed by atoms with Crippen LogP contribution in [0.3, 0.4) is 0 Å². The fraction of sp³-hybridized carbons (Fsp3) is 0.348.